The highest BCUT2D eigenvalue weighted by Crippen LogP contribution is 2.65. The minimum absolute atomic E-state index is 0.0103. The lowest BCUT2D eigenvalue weighted by molar-refractivity contribution is -0.193. The third-order valence-electron chi connectivity index (χ3n) is 16.6. The van der Waals surface area contributed by atoms with Gasteiger partial charge in [-0.3, -0.25) is 19.4 Å². The van der Waals surface area contributed by atoms with Gasteiger partial charge in [0.15, 0.2) is 38.7 Å². The number of rotatable bonds is 5. The van der Waals surface area contributed by atoms with E-state index in [0.29, 0.717) is 49.0 Å². The first-order chi connectivity index (χ1) is 39.4. The smallest absolute Gasteiger partial charge is 0.475 e. The van der Waals surface area contributed by atoms with Crippen molar-refractivity contribution in [2.24, 2.45) is 56.0 Å². The number of aliphatic carboxylic acids is 2. The predicted molar refractivity (Wildman–Crippen MR) is 312 cm³/mol. The molecule has 6 aliphatic carbocycles. The SMILES string of the molecule is C[Si](C)(C)I.ClC(Cl)Cl.O=C(O)C(F)(F)F.O=C(O)C(F)(F)F.[C-]#[N+]c1ccc2c(c1)[C@]1(N=C(N)N(CC3CC(F)(F)C3)C1=O)[C@]1(CC[C@H](O)[C@@H](C)C1)C2.[C-]#[N+]c1ccc2c(c1)[C@]1(N=C(N)N(CC3CC(F)(F)C3)C1=O)[C@]1(CC[C@H](OC)[C@@H](C)C1)C2. The Balaban J connectivity index is 0.000000231. The number of nitrogens with two attached hydrogens (primary N) is 2. The number of ether oxygens (including phenoxy) is 1. The van der Waals surface area contributed by atoms with Crippen molar-refractivity contribution in [2.75, 3.05) is 20.2 Å². The number of guanidine groups is 2. The van der Waals surface area contributed by atoms with Gasteiger partial charge in [0.1, 0.15) is 5.57 Å². The van der Waals surface area contributed by atoms with Gasteiger partial charge < -0.3 is 31.5 Å². The lowest BCUT2D eigenvalue weighted by Crippen LogP contribution is -2.55. The van der Waals surface area contributed by atoms with Gasteiger partial charge in [0.25, 0.3) is 11.8 Å². The average Bonchev–Trinajstić information content (AvgIpc) is 1.56. The van der Waals surface area contributed by atoms with E-state index in [2.05, 4.69) is 58.1 Å². The number of benzene rings is 2. The summed E-state index contributed by atoms with van der Waals surface area (Å²) in [6.07, 6.45) is -6.07. The normalized spacial score (nSPS) is 29.3. The Morgan fingerprint density at radius 3 is 1.33 bits per heavy atom. The number of aliphatic imine (C=N–C) groups is 2. The van der Waals surface area contributed by atoms with Gasteiger partial charge in [0, 0.05) is 56.7 Å². The molecule has 0 bridgehead atoms. The highest BCUT2D eigenvalue weighted by atomic mass is 127. The van der Waals surface area contributed by atoms with Crippen LogP contribution in [0.2, 0.25) is 19.6 Å². The number of hydrogen-bond donors (Lipinski definition) is 5. The van der Waals surface area contributed by atoms with Gasteiger partial charge in [0.2, 0.25) is 11.8 Å². The fourth-order valence-corrected chi connectivity index (χ4v) is 13.1. The molecule has 2 heterocycles. The lowest BCUT2D eigenvalue weighted by atomic mass is 9.59. The van der Waals surface area contributed by atoms with E-state index in [9.17, 15) is 58.6 Å². The second kappa shape index (κ2) is 26.8. The molecular weight excluding hydrogens is 1350 g/mol. The molecule has 86 heavy (non-hydrogen) atoms. The lowest BCUT2D eigenvalue weighted by Gasteiger charge is -2.48. The van der Waals surface area contributed by atoms with Gasteiger partial charge in [-0.05, 0) is 97.3 Å². The van der Waals surface area contributed by atoms with E-state index in [0.717, 1.165) is 36.0 Å². The minimum atomic E-state index is -5.08. The molecule has 2 aromatic rings. The number of carboxylic acids is 2. The van der Waals surface area contributed by atoms with Crippen molar-refractivity contribution in [3.05, 3.63) is 81.5 Å². The number of methoxy groups -OCH3 is 1. The summed E-state index contributed by atoms with van der Waals surface area (Å²) in [5, 5.41) is 24.6. The Morgan fingerprint density at radius 2 is 1.05 bits per heavy atom. The molecule has 4 fully saturated rings. The third-order valence-corrected chi connectivity index (χ3v) is 16.6. The minimum Gasteiger partial charge on any atom is -0.475 e. The van der Waals surface area contributed by atoms with Crippen LogP contribution in [0.1, 0.15) is 100 Å². The van der Waals surface area contributed by atoms with E-state index in [4.69, 9.17) is 93.9 Å². The first kappa shape index (κ1) is 72.0. The molecule has 31 heteroatoms. The Morgan fingerprint density at radius 1 is 0.721 bits per heavy atom. The van der Waals surface area contributed by atoms with Crippen molar-refractivity contribution in [2.45, 2.75) is 162 Å². The molecule has 2 aliphatic heterocycles. The number of alkyl halides is 13. The molecule has 8 aliphatic rings. The molecule has 2 amide bonds. The summed E-state index contributed by atoms with van der Waals surface area (Å²) < 4.78 is 122. The fraction of sp³-hybridized carbons (Fsp3) is 0.636. The van der Waals surface area contributed by atoms with E-state index in [-0.39, 0.29) is 92.3 Å². The molecule has 7 N–H and O–H groups in total. The zero-order chi connectivity index (χ0) is 65.3. The molecule has 476 valence electrons. The molecule has 16 nitrogen and oxygen atoms in total. The average molecular weight is 1420 g/mol. The first-order valence-electron chi connectivity index (χ1n) is 26.9. The standard InChI is InChI=1S/C24H28F2N4O2.C23H26F2N4O2.C3H9ISi.2C2HF3O2.CHCl3/c1-14-9-22(7-6-19(14)32-3)12-16-4-5-17(28-2)8-18(16)24(22)20(31)30(21(27)29-24)13-15-10-23(25,26)11-15;1-13-8-21(6-5-18(13)30)11-15-3-4-16(27-2)7-17(15)23(21)19(31)29(20(26)28-23)12-14-9-22(24,25)10-14;1-5(2,3)4;2*3-2(4,5)1(6)7;2-1(3)4/h4-5,8,14-15,19H,6-7,9-13H2,1,3H3,(H2,27,29);3-4,7,13-14,18,30H,5-6,8-12H2,1H3,(H2,26,28);1-3H3;2*(H,6,7);1H/t14-,19-,22-,24+;13-,18-,21-,23+;;;;/m00..../s1. The number of fused-ring (bicyclic) bond motifs is 6. The van der Waals surface area contributed by atoms with E-state index >= 15 is 0 Å². The molecular formula is C55H66Cl3F10IN8O8Si. The quantitative estimate of drug-likeness (QED) is 0.0475. The Bertz CT molecular complexity index is 2990. The molecule has 8 atom stereocenters. The van der Waals surface area contributed by atoms with Crippen LogP contribution >= 0.6 is 56.6 Å². The summed E-state index contributed by atoms with van der Waals surface area (Å²) in [6.45, 7) is 26.2. The molecule has 10 rings (SSSR count). The summed E-state index contributed by atoms with van der Waals surface area (Å²) in [5.41, 5.74) is 12.8. The second-order valence-electron chi connectivity index (χ2n) is 24.0. The van der Waals surface area contributed by atoms with Crippen molar-refractivity contribution in [3.63, 3.8) is 0 Å². The van der Waals surface area contributed by atoms with Crippen LogP contribution in [0.3, 0.4) is 0 Å². The van der Waals surface area contributed by atoms with Crippen molar-refractivity contribution < 1.29 is 83.1 Å². The molecule has 0 saturated heterocycles. The van der Waals surface area contributed by atoms with Crippen LogP contribution < -0.4 is 11.5 Å². The first-order valence-corrected chi connectivity index (χ1v) is 34.8. The summed E-state index contributed by atoms with van der Waals surface area (Å²) in [4.78, 5) is 65.4. The Hall–Kier alpha value is -4.72. The van der Waals surface area contributed by atoms with Gasteiger partial charge in [0.05, 0.1) is 25.4 Å². The highest BCUT2D eigenvalue weighted by molar-refractivity contribution is 14.1. The number of aliphatic hydroxyl groups is 1. The van der Waals surface area contributed by atoms with Gasteiger partial charge in [-0.15, -0.1) is 21.8 Å². The number of amides is 2. The maximum absolute atomic E-state index is 14.1. The van der Waals surface area contributed by atoms with Crippen molar-refractivity contribution in [1.29, 1.82) is 0 Å². The van der Waals surface area contributed by atoms with Crippen LogP contribution in [0.5, 0.6) is 0 Å². The molecule has 4 spiro atoms. The fourth-order valence-electron chi connectivity index (χ4n) is 13.1. The van der Waals surface area contributed by atoms with Gasteiger partial charge in [-0.2, -0.15) is 26.3 Å². The number of hydrogen-bond acceptors (Lipinski definition) is 10. The topological polar surface area (TPSA) is 230 Å². The number of aliphatic hydroxyl groups excluding tert-OH is 1. The molecule has 2 aromatic carbocycles. The van der Waals surface area contributed by atoms with Crippen LogP contribution in [0, 0.1) is 47.6 Å². The van der Waals surface area contributed by atoms with Gasteiger partial charge in [-0.25, -0.2) is 46.8 Å². The van der Waals surface area contributed by atoms with Crippen LogP contribution in [0.15, 0.2) is 46.4 Å². The Labute approximate surface area is 519 Å². The van der Waals surface area contributed by atoms with Crippen molar-refractivity contribution >= 4 is 109 Å². The predicted octanol–water partition coefficient (Wildman–Crippen LogP) is 12.9. The summed E-state index contributed by atoms with van der Waals surface area (Å²) in [5.74, 6) is -11.5. The summed E-state index contributed by atoms with van der Waals surface area (Å²) >= 11 is 16.9. The molecule has 0 aromatic heterocycles. The third kappa shape index (κ3) is 15.8. The number of halogens is 14. The zero-order valence-corrected chi connectivity index (χ0v) is 52.8. The van der Waals surface area contributed by atoms with E-state index < -0.39 is 74.0 Å². The van der Waals surface area contributed by atoms with Crippen LogP contribution in [0.4, 0.5) is 55.3 Å². The van der Waals surface area contributed by atoms with Crippen molar-refractivity contribution in [1.82, 2.24) is 9.80 Å². The van der Waals surface area contributed by atoms with Crippen LogP contribution in [-0.4, -0.2) is 127 Å². The van der Waals surface area contributed by atoms with Gasteiger partial charge in [-0.1, -0.05) is 105 Å². The largest absolute Gasteiger partial charge is 0.490 e. The summed E-state index contributed by atoms with van der Waals surface area (Å²) in [6, 6.07) is 10.9. The number of nitrogens with zero attached hydrogens (tertiary/aromatic N) is 6. The van der Waals surface area contributed by atoms with Crippen LogP contribution in [-0.2, 0) is 47.8 Å². The number of carbonyl (C=O) groups is 4. The second-order valence-corrected chi connectivity index (χ2v) is 39.8. The van der Waals surface area contributed by atoms with Gasteiger partial charge >= 0.3 is 24.3 Å². The monoisotopic (exact) mass is 1420 g/mol. The molecule has 4 saturated carbocycles. The van der Waals surface area contributed by atoms with E-state index in [1.807, 2.05) is 19.1 Å². The zero-order valence-electron chi connectivity index (χ0n) is 47.4. The number of carboxylic acid groups (broad SMARTS) is 2. The van der Waals surface area contributed by atoms with E-state index in [1.165, 1.54) is 9.80 Å². The van der Waals surface area contributed by atoms with Crippen molar-refractivity contribution in [3.8, 4) is 0 Å². The highest BCUT2D eigenvalue weighted by Gasteiger charge is 2.69. The summed E-state index contributed by atoms with van der Waals surface area (Å²) in [7, 11) is 1.72. The number of carbonyl (C=O) groups excluding carboxylic acids is 2. The van der Waals surface area contributed by atoms with E-state index in [1.54, 1.807) is 31.4 Å². The molecule has 0 radical (unpaired) electrons. The maximum Gasteiger partial charge on any atom is 0.490 e. The molecule has 0 unspecified atom stereocenters. The Kier molecular flexibility index (Phi) is 22.4. The van der Waals surface area contributed by atoms with Crippen LogP contribution in [0.25, 0.3) is 9.69 Å². The maximum atomic E-state index is 14.1.